The van der Waals surface area contributed by atoms with Crippen LogP contribution in [0.5, 0.6) is 0 Å². The highest BCUT2D eigenvalue weighted by molar-refractivity contribution is 9.10. The summed E-state index contributed by atoms with van der Waals surface area (Å²) >= 11 is 3.10. The minimum absolute atomic E-state index is 0.181. The Hall–Kier alpha value is -1.10. The van der Waals surface area contributed by atoms with Crippen LogP contribution in [-0.4, -0.2) is 0 Å². The molecule has 1 aromatic rings. The summed E-state index contributed by atoms with van der Waals surface area (Å²) in [6, 6.07) is 4.37. The number of azide groups is 1. The molecule has 1 atom stereocenters. The Morgan fingerprint density at radius 2 is 2.31 bits per heavy atom. The van der Waals surface area contributed by atoms with Crippen molar-refractivity contribution < 1.29 is 4.39 Å². The molecule has 0 aromatic heterocycles. The van der Waals surface area contributed by atoms with Crippen LogP contribution in [0.25, 0.3) is 10.4 Å². The molecule has 0 heterocycles. The predicted molar refractivity (Wildman–Crippen MR) is 50.2 cm³/mol. The monoisotopic (exact) mass is 244 g/mol. The number of rotatable bonds is 2. The molecule has 0 aliphatic carbocycles. The fourth-order valence-electron chi connectivity index (χ4n) is 0.859. The number of halogens is 2. The van der Waals surface area contributed by atoms with Gasteiger partial charge in [0.25, 0.3) is 0 Å². The SMILES string of the molecule is [N-]=[N+]=NC(N)c1ccc(Br)cc1F. The van der Waals surface area contributed by atoms with Crippen LogP contribution in [0.4, 0.5) is 4.39 Å². The van der Waals surface area contributed by atoms with Gasteiger partial charge in [-0.25, -0.2) is 4.39 Å². The second-order valence-electron chi connectivity index (χ2n) is 2.32. The summed E-state index contributed by atoms with van der Waals surface area (Å²) < 4.78 is 13.7. The minimum Gasteiger partial charge on any atom is -0.319 e. The number of hydrogen-bond donors (Lipinski definition) is 1. The van der Waals surface area contributed by atoms with Crippen molar-refractivity contribution in [3.05, 3.63) is 44.5 Å². The maximum absolute atomic E-state index is 13.1. The molecule has 1 rings (SSSR count). The summed E-state index contributed by atoms with van der Waals surface area (Å²) in [4.78, 5) is 2.50. The first-order valence-electron chi connectivity index (χ1n) is 3.40. The number of hydrogen-bond acceptors (Lipinski definition) is 2. The maximum atomic E-state index is 13.1. The van der Waals surface area contributed by atoms with Gasteiger partial charge in [-0.3, -0.25) is 0 Å². The highest BCUT2D eigenvalue weighted by Crippen LogP contribution is 2.20. The smallest absolute Gasteiger partial charge is 0.129 e. The van der Waals surface area contributed by atoms with Gasteiger partial charge in [0.05, 0.1) is 0 Å². The van der Waals surface area contributed by atoms with Crippen LogP contribution in [0.15, 0.2) is 27.8 Å². The van der Waals surface area contributed by atoms with E-state index >= 15 is 0 Å². The van der Waals surface area contributed by atoms with E-state index in [4.69, 9.17) is 11.3 Å². The zero-order valence-corrected chi connectivity index (χ0v) is 8.07. The van der Waals surface area contributed by atoms with Crippen LogP contribution < -0.4 is 5.73 Å². The fraction of sp³-hybridized carbons (Fsp3) is 0.143. The van der Waals surface area contributed by atoms with Gasteiger partial charge in [0, 0.05) is 14.9 Å². The van der Waals surface area contributed by atoms with E-state index in [1.54, 1.807) is 6.07 Å². The molecule has 1 unspecified atom stereocenters. The molecule has 4 nitrogen and oxygen atoms in total. The van der Waals surface area contributed by atoms with E-state index in [0.717, 1.165) is 0 Å². The van der Waals surface area contributed by atoms with Crippen molar-refractivity contribution in [3.8, 4) is 0 Å². The van der Waals surface area contributed by atoms with E-state index in [1.165, 1.54) is 12.1 Å². The first-order valence-corrected chi connectivity index (χ1v) is 4.19. The molecule has 1 aromatic carbocycles. The quantitative estimate of drug-likeness (QED) is 0.485. The summed E-state index contributed by atoms with van der Waals surface area (Å²) in [7, 11) is 0. The Morgan fingerprint density at radius 3 is 2.85 bits per heavy atom. The lowest BCUT2D eigenvalue weighted by Crippen LogP contribution is -2.08. The van der Waals surface area contributed by atoms with Gasteiger partial charge in [-0.2, -0.15) is 0 Å². The number of nitrogens with two attached hydrogens (primary N) is 1. The largest absolute Gasteiger partial charge is 0.319 e. The summed E-state index contributed by atoms with van der Waals surface area (Å²) in [6.45, 7) is 0. The predicted octanol–water partition coefficient (Wildman–Crippen LogP) is 2.86. The maximum Gasteiger partial charge on any atom is 0.129 e. The van der Waals surface area contributed by atoms with Gasteiger partial charge < -0.3 is 5.73 Å². The Labute approximate surface area is 82.3 Å². The average Bonchev–Trinajstić information content (AvgIpc) is 2.04. The Morgan fingerprint density at radius 1 is 1.62 bits per heavy atom. The van der Waals surface area contributed by atoms with Crippen LogP contribution >= 0.6 is 15.9 Å². The van der Waals surface area contributed by atoms with Gasteiger partial charge in [0.2, 0.25) is 0 Å². The molecule has 2 N–H and O–H groups in total. The van der Waals surface area contributed by atoms with E-state index in [2.05, 4.69) is 26.0 Å². The minimum atomic E-state index is -0.974. The molecular formula is C7H6BrFN4. The van der Waals surface area contributed by atoms with E-state index in [0.29, 0.717) is 4.47 Å². The molecule has 0 saturated carbocycles. The average molecular weight is 245 g/mol. The Bertz CT molecular complexity index is 362. The van der Waals surface area contributed by atoms with Gasteiger partial charge in [0.15, 0.2) is 0 Å². The topological polar surface area (TPSA) is 74.8 Å². The molecule has 0 saturated heterocycles. The van der Waals surface area contributed by atoms with Gasteiger partial charge in [0.1, 0.15) is 12.0 Å². The normalized spacial score (nSPS) is 11.9. The standard InChI is InChI=1S/C7H6BrFN4/c8-4-1-2-5(6(9)3-4)7(10)12-13-11/h1-3,7H,10H2. The summed E-state index contributed by atoms with van der Waals surface area (Å²) in [6.07, 6.45) is -0.974. The van der Waals surface area contributed by atoms with Crippen molar-refractivity contribution in [2.45, 2.75) is 6.17 Å². The third-order valence-electron chi connectivity index (χ3n) is 1.46. The second kappa shape index (κ2) is 4.23. The van der Waals surface area contributed by atoms with Crippen molar-refractivity contribution in [1.29, 1.82) is 0 Å². The van der Waals surface area contributed by atoms with Gasteiger partial charge in [-0.05, 0) is 17.7 Å². The van der Waals surface area contributed by atoms with Gasteiger partial charge >= 0.3 is 0 Å². The lowest BCUT2D eigenvalue weighted by atomic mass is 10.2. The summed E-state index contributed by atoms with van der Waals surface area (Å²) in [5.41, 5.74) is 13.7. The molecule has 6 heteroatoms. The zero-order valence-electron chi connectivity index (χ0n) is 6.48. The zero-order chi connectivity index (χ0) is 9.84. The highest BCUT2D eigenvalue weighted by Gasteiger charge is 2.08. The van der Waals surface area contributed by atoms with E-state index in [-0.39, 0.29) is 5.56 Å². The third-order valence-corrected chi connectivity index (χ3v) is 1.95. The van der Waals surface area contributed by atoms with E-state index < -0.39 is 12.0 Å². The number of benzene rings is 1. The van der Waals surface area contributed by atoms with Crippen molar-refractivity contribution in [2.75, 3.05) is 0 Å². The molecule has 0 radical (unpaired) electrons. The van der Waals surface area contributed by atoms with Gasteiger partial charge in [-0.15, -0.1) is 0 Å². The van der Waals surface area contributed by atoms with Crippen LogP contribution in [-0.2, 0) is 0 Å². The Kier molecular flexibility index (Phi) is 3.25. The van der Waals surface area contributed by atoms with Crippen molar-refractivity contribution in [1.82, 2.24) is 0 Å². The van der Waals surface area contributed by atoms with Crippen LogP contribution in [0, 0.1) is 5.82 Å². The van der Waals surface area contributed by atoms with Crippen LogP contribution in [0.2, 0.25) is 0 Å². The first-order chi connectivity index (χ1) is 6.15. The molecular weight excluding hydrogens is 239 g/mol. The lowest BCUT2D eigenvalue weighted by molar-refractivity contribution is 0.586. The molecule has 0 fully saturated rings. The number of nitrogens with zero attached hydrogens (tertiary/aromatic N) is 3. The second-order valence-corrected chi connectivity index (χ2v) is 3.23. The van der Waals surface area contributed by atoms with Gasteiger partial charge in [-0.1, -0.05) is 27.1 Å². The molecule has 0 aliphatic heterocycles. The molecule has 0 aliphatic rings. The van der Waals surface area contributed by atoms with Crippen molar-refractivity contribution >= 4 is 15.9 Å². The third kappa shape index (κ3) is 2.42. The fourth-order valence-corrected chi connectivity index (χ4v) is 1.19. The first kappa shape index (κ1) is 9.98. The van der Waals surface area contributed by atoms with Crippen LogP contribution in [0.3, 0.4) is 0 Å². The summed E-state index contributed by atoms with van der Waals surface area (Å²) in [5, 5.41) is 3.19. The van der Waals surface area contributed by atoms with Crippen molar-refractivity contribution in [3.63, 3.8) is 0 Å². The Balaban J connectivity index is 3.08. The lowest BCUT2D eigenvalue weighted by Gasteiger charge is -2.06. The summed E-state index contributed by atoms with van der Waals surface area (Å²) in [5.74, 6) is -0.491. The highest BCUT2D eigenvalue weighted by atomic mass is 79.9. The molecule has 68 valence electrons. The van der Waals surface area contributed by atoms with E-state index in [1.807, 2.05) is 0 Å². The molecule has 0 amide bonds. The molecule has 0 spiro atoms. The molecule has 13 heavy (non-hydrogen) atoms. The van der Waals surface area contributed by atoms with Crippen molar-refractivity contribution in [2.24, 2.45) is 10.8 Å². The van der Waals surface area contributed by atoms with E-state index in [9.17, 15) is 4.39 Å². The van der Waals surface area contributed by atoms with Crippen LogP contribution in [0.1, 0.15) is 11.7 Å². The molecule has 0 bridgehead atoms.